The third-order valence-corrected chi connectivity index (χ3v) is 6.36. The Morgan fingerprint density at radius 2 is 1.86 bits per heavy atom. The van der Waals surface area contributed by atoms with Crippen molar-refractivity contribution in [3.63, 3.8) is 0 Å². The fraction of sp³-hybridized carbons (Fsp3) is 0.364. The normalized spacial score (nSPS) is 16.9. The van der Waals surface area contributed by atoms with Crippen LogP contribution in [-0.4, -0.2) is 47.8 Å². The minimum Gasteiger partial charge on any atom is -0.486 e. The summed E-state index contributed by atoms with van der Waals surface area (Å²) >= 11 is 1.54. The third kappa shape index (κ3) is 3.92. The van der Waals surface area contributed by atoms with E-state index < -0.39 is 0 Å². The van der Waals surface area contributed by atoms with Crippen LogP contribution in [0, 0.1) is 0 Å². The van der Waals surface area contributed by atoms with Crippen LogP contribution in [0.4, 0.5) is 0 Å². The fourth-order valence-electron chi connectivity index (χ4n) is 3.79. The number of aromatic nitrogens is 1. The number of nitrogens with zero attached hydrogens (tertiary/aromatic N) is 2. The van der Waals surface area contributed by atoms with Gasteiger partial charge in [0.25, 0.3) is 0 Å². The van der Waals surface area contributed by atoms with Gasteiger partial charge in [0.1, 0.15) is 18.7 Å². The van der Waals surface area contributed by atoms with Crippen LogP contribution in [0.25, 0.3) is 11.1 Å². The zero-order valence-corrected chi connectivity index (χ0v) is 16.8. The quantitative estimate of drug-likeness (QED) is 0.604. The van der Waals surface area contributed by atoms with Gasteiger partial charge in [-0.05, 0) is 43.2 Å². The second-order valence-electron chi connectivity index (χ2n) is 7.27. The Balaban J connectivity index is 1.15. The predicted molar refractivity (Wildman–Crippen MR) is 111 cm³/mol. The number of amides is 1. The Bertz CT molecular complexity index is 994. The van der Waals surface area contributed by atoms with Crippen LogP contribution < -0.4 is 9.47 Å². The monoisotopic (exact) mass is 410 g/mol. The molecule has 0 unspecified atom stereocenters. The van der Waals surface area contributed by atoms with Crippen LogP contribution in [0.2, 0.25) is 0 Å². The van der Waals surface area contributed by atoms with Crippen molar-refractivity contribution in [2.45, 2.75) is 23.7 Å². The number of piperidine rings is 1. The van der Waals surface area contributed by atoms with E-state index in [1.807, 2.05) is 47.4 Å². The van der Waals surface area contributed by atoms with Crippen molar-refractivity contribution in [1.82, 2.24) is 9.88 Å². The Morgan fingerprint density at radius 1 is 1.07 bits per heavy atom. The number of hydrogen-bond acceptors (Lipinski definition) is 6. The highest BCUT2D eigenvalue weighted by Gasteiger charge is 2.27. The van der Waals surface area contributed by atoms with Crippen molar-refractivity contribution in [2.24, 2.45) is 0 Å². The maximum atomic E-state index is 12.7. The zero-order valence-electron chi connectivity index (χ0n) is 16.0. The second-order valence-corrected chi connectivity index (χ2v) is 8.32. The Labute approximate surface area is 173 Å². The standard InChI is InChI=1S/C22H22N2O4S/c25-21(14-29-16-5-6-19-20(13-16)27-12-11-26-19)24-9-7-15(8-10-24)22-23-17-3-1-2-4-18(17)28-22/h1-6,13,15H,7-12,14H2. The van der Waals surface area contributed by atoms with E-state index in [1.54, 1.807) is 0 Å². The molecule has 0 aliphatic carbocycles. The average Bonchev–Trinajstić information content (AvgIpc) is 3.22. The van der Waals surface area contributed by atoms with Crippen LogP contribution >= 0.6 is 11.8 Å². The Kier molecular flexibility index (Phi) is 5.06. The highest BCUT2D eigenvalue weighted by Crippen LogP contribution is 2.35. The maximum absolute atomic E-state index is 12.7. The van der Waals surface area contributed by atoms with Gasteiger partial charge >= 0.3 is 0 Å². The van der Waals surface area contributed by atoms with Gasteiger partial charge in [-0.3, -0.25) is 4.79 Å². The molecule has 1 aromatic heterocycles. The molecule has 29 heavy (non-hydrogen) atoms. The lowest BCUT2D eigenvalue weighted by atomic mass is 9.97. The molecule has 0 bridgehead atoms. The number of carbonyl (C=O) groups excluding carboxylic acids is 1. The minimum atomic E-state index is 0.168. The van der Waals surface area contributed by atoms with E-state index in [9.17, 15) is 4.79 Å². The molecule has 0 N–H and O–H groups in total. The largest absolute Gasteiger partial charge is 0.486 e. The predicted octanol–water partition coefficient (Wildman–Crippen LogP) is 4.10. The highest BCUT2D eigenvalue weighted by atomic mass is 32.2. The first-order valence-corrected chi connectivity index (χ1v) is 10.9. The molecule has 3 heterocycles. The number of oxazole rings is 1. The number of ether oxygens (including phenoxy) is 2. The number of hydrogen-bond donors (Lipinski definition) is 0. The van der Waals surface area contributed by atoms with Crippen LogP contribution in [0.15, 0.2) is 51.8 Å². The molecule has 2 aromatic carbocycles. The van der Waals surface area contributed by atoms with Crippen LogP contribution in [0.3, 0.4) is 0 Å². The zero-order chi connectivity index (χ0) is 19.6. The molecule has 0 atom stereocenters. The molecule has 2 aliphatic rings. The van der Waals surface area contributed by atoms with E-state index >= 15 is 0 Å². The highest BCUT2D eigenvalue weighted by molar-refractivity contribution is 8.00. The lowest BCUT2D eigenvalue weighted by molar-refractivity contribution is -0.129. The molecule has 7 heteroatoms. The number of para-hydroxylation sites is 2. The summed E-state index contributed by atoms with van der Waals surface area (Å²) in [6, 6.07) is 13.7. The van der Waals surface area contributed by atoms with Gasteiger partial charge in [-0.25, -0.2) is 4.98 Å². The first-order valence-electron chi connectivity index (χ1n) is 9.92. The molecule has 1 fully saturated rings. The van der Waals surface area contributed by atoms with Crippen LogP contribution in [-0.2, 0) is 4.79 Å². The summed E-state index contributed by atoms with van der Waals surface area (Å²) in [7, 11) is 0. The molecule has 2 aliphatic heterocycles. The van der Waals surface area contributed by atoms with E-state index in [4.69, 9.17) is 13.9 Å². The first-order chi connectivity index (χ1) is 14.3. The van der Waals surface area contributed by atoms with Crippen molar-refractivity contribution in [1.29, 1.82) is 0 Å². The molecule has 0 saturated carbocycles. The number of fused-ring (bicyclic) bond motifs is 2. The molecule has 1 amide bonds. The number of rotatable bonds is 4. The summed E-state index contributed by atoms with van der Waals surface area (Å²) in [4.78, 5) is 20.2. The van der Waals surface area contributed by atoms with Crippen molar-refractivity contribution in [3.8, 4) is 11.5 Å². The summed E-state index contributed by atoms with van der Waals surface area (Å²) in [5, 5.41) is 0. The Morgan fingerprint density at radius 3 is 2.69 bits per heavy atom. The van der Waals surface area contributed by atoms with Gasteiger partial charge in [0.15, 0.2) is 23.0 Å². The van der Waals surface area contributed by atoms with Gasteiger partial charge in [0, 0.05) is 23.9 Å². The summed E-state index contributed by atoms with van der Waals surface area (Å²) in [5.74, 6) is 3.19. The smallest absolute Gasteiger partial charge is 0.232 e. The average molecular weight is 410 g/mol. The molecular formula is C22H22N2O4S. The first kappa shape index (κ1) is 18.4. The fourth-order valence-corrected chi connectivity index (χ4v) is 4.62. The molecule has 0 radical (unpaired) electrons. The van der Waals surface area contributed by atoms with Gasteiger partial charge in [-0.15, -0.1) is 11.8 Å². The topological polar surface area (TPSA) is 64.8 Å². The summed E-state index contributed by atoms with van der Waals surface area (Å²) in [6.45, 7) is 2.63. The Hall–Kier alpha value is -2.67. The number of benzene rings is 2. The lowest BCUT2D eigenvalue weighted by Crippen LogP contribution is -2.39. The van der Waals surface area contributed by atoms with Gasteiger partial charge in [0.2, 0.25) is 5.91 Å². The van der Waals surface area contributed by atoms with E-state index in [-0.39, 0.29) is 11.8 Å². The van der Waals surface area contributed by atoms with E-state index in [0.29, 0.717) is 19.0 Å². The van der Waals surface area contributed by atoms with Gasteiger partial charge < -0.3 is 18.8 Å². The molecule has 6 nitrogen and oxygen atoms in total. The molecule has 5 rings (SSSR count). The molecule has 1 saturated heterocycles. The number of thioether (sulfide) groups is 1. The molecule has 0 spiro atoms. The van der Waals surface area contributed by atoms with Crippen LogP contribution in [0.1, 0.15) is 24.7 Å². The van der Waals surface area contributed by atoms with E-state index in [1.165, 1.54) is 11.8 Å². The number of likely N-dealkylation sites (tertiary alicyclic amines) is 1. The van der Waals surface area contributed by atoms with E-state index in [2.05, 4.69) is 4.98 Å². The second kappa shape index (κ2) is 7.99. The molecule has 150 valence electrons. The molecular weight excluding hydrogens is 388 g/mol. The van der Waals surface area contributed by atoms with Gasteiger partial charge in [-0.1, -0.05) is 12.1 Å². The summed E-state index contributed by atoms with van der Waals surface area (Å²) < 4.78 is 17.1. The third-order valence-electron chi connectivity index (χ3n) is 5.38. The van der Waals surface area contributed by atoms with Crippen molar-refractivity contribution >= 4 is 28.8 Å². The van der Waals surface area contributed by atoms with Crippen molar-refractivity contribution < 1.29 is 18.7 Å². The SMILES string of the molecule is O=C(CSc1ccc2c(c1)OCCO2)N1CCC(c2nc3ccccc3o2)CC1. The lowest BCUT2D eigenvalue weighted by Gasteiger charge is -2.30. The van der Waals surface area contributed by atoms with Crippen molar-refractivity contribution in [2.75, 3.05) is 32.1 Å². The van der Waals surface area contributed by atoms with Crippen LogP contribution in [0.5, 0.6) is 11.5 Å². The van der Waals surface area contributed by atoms with Crippen molar-refractivity contribution in [3.05, 3.63) is 48.4 Å². The minimum absolute atomic E-state index is 0.168. The molecule has 3 aromatic rings. The number of carbonyl (C=O) groups is 1. The maximum Gasteiger partial charge on any atom is 0.232 e. The van der Waals surface area contributed by atoms with Gasteiger partial charge in [-0.2, -0.15) is 0 Å². The van der Waals surface area contributed by atoms with Gasteiger partial charge in [0.05, 0.1) is 5.75 Å². The summed E-state index contributed by atoms with van der Waals surface area (Å²) in [6.07, 6.45) is 1.76. The van der Waals surface area contributed by atoms with E-state index in [0.717, 1.165) is 59.3 Å². The summed E-state index contributed by atoms with van der Waals surface area (Å²) in [5.41, 5.74) is 1.73.